The fraction of sp³-hybridized carbons (Fsp3) is 0.689. The van der Waals surface area contributed by atoms with Gasteiger partial charge in [0.1, 0.15) is 23.2 Å². The number of hydrogen-bond donors (Lipinski definition) is 1. The molecule has 84 heavy (non-hydrogen) atoms. The summed E-state index contributed by atoms with van der Waals surface area (Å²) in [5.41, 5.74) is -2.85. The molecule has 0 saturated carbocycles. The average Bonchev–Trinajstić information content (AvgIpc) is 1.86. The number of unbranched alkanes of at least 4 members (excludes halogenated alkanes) is 1. The van der Waals surface area contributed by atoms with Crippen LogP contribution in [0.25, 0.3) is 11.3 Å². The second-order valence-electron chi connectivity index (χ2n) is 24.4. The van der Waals surface area contributed by atoms with Crippen molar-refractivity contribution < 1.29 is 79.8 Å². The Kier molecular flexibility index (Phi) is 21.2. The highest BCUT2D eigenvalue weighted by Gasteiger charge is 2.61. The molecule has 4 saturated heterocycles. The van der Waals surface area contributed by atoms with Gasteiger partial charge in [-0.15, -0.1) is 5.10 Å². The van der Waals surface area contributed by atoms with Crippen LogP contribution in [0.15, 0.2) is 60.8 Å². The molecule has 4 aliphatic heterocycles. The molecule has 1 aromatic heterocycles. The monoisotopic (exact) mass is 1180 g/mol. The number of anilines is 1. The maximum Gasteiger partial charge on any atom is 0.471 e. The molecule has 20 nitrogen and oxygen atoms in total. The number of carbonyl (C=O) groups excluding carboxylic acids is 5. The minimum absolute atomic E-state index is 0.0642. The fourth-order valence-corrected chi connectivity index (χ4v) is 13.2. The van der Waals surface area contributed by atoms with Gasteiger partial charge in [-0.25, -0.2) is 9.59 Å². The fourth-order valence-electron chi connectivity index (χ4n) is 13.2. The van der Waals surface area contributed by atoms with E-state index in [1.165, 1.54) is 25.3 Å². The van der Waals surface area contributed by atoms with Crippen LogP contribution in [0.5, 0.6) is 0 Å². The molecule has 0 radical (unpaired) electrons. The zero-order valence-corrected chi connectivity index (χ0v) is 51.2. The van der Waals surface area contributed by atoms with Gasteiger partial charge in [-0.3, -0.25) is 19.1 Å². The van der Waals surface area contributed by atoms with Gasteiger partial charge in [0.15, 0.2) is 24.3 Å². The Morgan fingerprint density at radius 3 is 2.14 bits per heavy atom. The van der Waals surface area contributed by atoms with Crippen molar-refractivity contribution in [3.8, 4) is 11.3 Å². The van der Waals surface area contributed by atoms with Gasteiger partial charge >= 0.3 is 30.1 Å². The number of amides is 2. The Labute approximate surface area is 491 Å². The van der Waals surface area contributed by atoms with Gasteiger partial charge in [0, 0.05) is 74.7 Å². The van der Waals surface area contributed by atoms with Gasteiger partial charge in [-0.05, 0) is 112 Å². The van der Waals surface area contributed by atoms with Crippen molar-refractivity contribution in [1.82, 2.24) is 24.8 Å². The van der Waals surface area contributed by atoms with Crippen LogP contribution in [0.4, 0.5) is 23.7 Å². The number of Topliss-reactive ketones (excluding diaryl/α,β-unsaturated/α-hetero) is 1. The second-order valence-corrected chi connectivity index (χ2v) is 24.4. The molecule has 2 aromatic carbocycles. The van der Waals surface area contributed by atoms with Crippen LogP contribution in [0.3, 0.4) is 0 Å². The average molecular weight is 1190 g/mol. The number of ether oxygens (including phenoxy) is 9. The van der Waals surface area contributed by atoms with E-state index in [0.717, 1.165) is 6.42 Å². The summed E-state index contributed by atoms with van der Waals surface area (Å²) >= 11 is 0. The second kappa shape index (κ2) is 27.0. The lowest BCUT2D eigenvalue weighted by Gasteiger charge is -2.50. The molecule has 23 heteroatoms. The number of halogens is 3. The summed E-state index contributed by atoms with van der Waals surface area (Å²) in [5, 5.41) is 10.3. The molecule has 0 aliphatic carbocycles. The molecule has 4 aliphatic rings. The van der Waals surface area contributed by atoms with Gasteiger partial charge in [0.05, 0.1) is 53.7 Å². The molecule has 466 valence electrons. The first-order chi connectivity index (χ1) is 39.5. The van der Waals surface area contributed by atoms with E-state index in [0.29, 0.717) is 36.2 Å². The lowest BCUT2D eigenvalue weighted by molar-refractivity contribution is -0.313. The van der Waals surface area contributed by atoms with E-state index in [-0.39, 0.29) is 55.3 Å². The predicted octanol–water partition coefficient (Wildman–Crippen LogP) is 9.29. The quantitative estimate of drug-likeness (QED) is 0.0756. The van der Waals surface area contributed by atoms with Crippen molar-refractivity contribution in [2.75, 3.05) is 40.2 Å². The lowest BCUT2D eigenvalue weighted by atomic mass is 9.73. The number of esters is 2. The maximum atomic E-state index is 15.3. The third-order valence-electron chi connectivity index (χ3n) is 17.9. The molecular formula is C61H87F3N6O14. The Morgan fingerprint density at radius 2 is 1.50 bits per heavy atom. The molecule has 7 rings (SSSR count). The van der Waals surface area contributed by atoms with E-state index in [1.807, 2.05) is 61.0 Å². The molecule has 3 aromatic rings. The van der Waals surface area contributed by atoms with E-state index in [1.54, 1.807) is 87.0 Å². The van der Waals surface area contributed by atoms with Gasteiger partial charge in [0.2, 0.25) is 0 Å². The van der Waals surface area contributed by atoms with Crippen LogP contribution in [0.2, 0.25) is 0 Å². The van der Waals surface area contributed by atoms with Crippen molar-refractivity contribution >= 4 is 35.4 Å². The summed E-state index contributed by atoms with van der Waals surface area (Å²) in [7, 11) is 7.15. The van der Waals surface area contributed by atoms with E-state index in [9.17, 15) is 27.6 Å². The number of cyclic esters (lactones) is 1. The van der Waals surface area contributed by atoms with Crippen LogP contribution in [0.1, 0.15) is 125 Å². The number of methoxy groups -OCH3 is 2. The molecule has 0 spiro atoms. The lowest BCUT2D eigenvalue weighted by Crippen LogP contribution is -2.61. The van der Waals surface area contributed by atoms with E-state index >= 15 is 9.59 Å². The Morgan fingerprint density at radius 1 is 0.833 bits per heavy atom. The third kappa shape index (κ3) is 14.5. The number of nitrogens with one attached hydrogen (secondary N) is 1. The SMILES string of the molecule is CC[C@H]1OC(=O)[C@H](C)[C@@H](O[C@H]2C[C@@](C)(OC)[C@@H](OC(=O)c3ccccc3)[C@H](C)O2)[C@H](C)[C@@H](O[C@@H]2O[C@H](C)C[C@H](N(C)C)[C@H]2C)[C@@](C)(OC)C[C@@H](C)C(=O)[C@H](C)C2N(CCCCn3cc(-c4cccc(NC(=O)C(F)(F)F)c4)nn3)C(=O)O[C@@]21C. The highest BCUT2D eigenvalue weighted by atomic mass is 19.4. The van der Waals surface area contributed by atoms with Crippen molar-refractivity contribution in [1.29, 1.82) is 0 Å². The minimum Gasteiger partial charge on any atom is -0.458 e. The van der Waals surface area contributed by atoms with Crippen molar-refractivity contribution in [3.63, 3.8) is 0 Å². The van der Waals surface area contributed by atoms with Crippen molar-refractivity contribution in [2.24, 2.45) is 29.6 Å². The molecule has 4 fully saturated rings. The number of aryl methyl sites for hydroxylation is 1. The van der Waals surface area contributed by atoms with E-state index < -0.39 is 120 Å². The predicted molar refractivity (Wildman–Crippen MR) is 302 cm³/mol. The van der Waals surface area contributed by atoms with E-state index in [4.69, 9.17) is 42.6 Å². The summed E-state index contributed by atoms with van der Waals surface area (Å²) in [5.74, 6) is -6.96. The van der Waals surface area contributed by atoms with E-state index in [2.05, 4.69) is 22.1 Å². The van der Waals surface area contributed by atoms with Gasteiger partial charge in [-0.1, -0.05) is 70.2 Å². The van der Waals surface area contributed by atoms with Crippen LogP contribution in [0, 0.1) is 29.6 Å². The standard InChI is InChI=1S/C61H87F3N6O14/c1-16-46-60(11)50(70(57(75)84-60)28-21-20-27-69-33-44(66-67-69)42-25-22-26-43(30-42)65-56(74)61(62,63)64)37(5)48(71)34(2)31-58(9,76-14)51(83-55-36(4)45(68(12)13)29-35(3)78-55)38(6)49(39(7)53(72)80-46)81-47-32-59(10,77-15)52(40(8)79-47)82-54(73)41-23-18-17-19-24-41/h17-19,22-26,30,33-40,45-47,49-52,55H,16,20-21,27-29,31-32H2,1-15H3,(H,65,74)/t34-,35-,36-,37+,38+,39-,40+,45+,46-,47+,49+,50?,51-,52+,55+,58+,59-,60-/m1/s1. The zero-order valence-electron chi connectivity index (χ0n) is 51.2. The number of rotatable bonds is 17. The first-order valence-corrected chi connectivity index (χ1v) is 29.3. The number of hydrogen-bond acceptors (Lipinski definition) is 17. The summed E-state index contributed by atoms with van der Waals surface area (Å²) in [6.07, 6.45) is -8.69. The molecule has 5 heterocycles. The summed E-state index contributed by atoms with van der Waals surface area (Å²) in [6.45, 7) is 20.8. The maximum absolute atomic E-state index is 15.3. The Balaban J connectivity index is 1.19. The van der Waals surface area contributed by atoms with Crippen molar-refractivity contribution in [2.45, 2.75) is 205 Å². The van der Waals surface area contributed by atoms with Crippen LogP contribution in [-0.4, -0.2) is 174 Å². The number of aromatic nitrogens is 3. The molecular weight excluding hydrogens is 1100 g/mol. The first-order valence-electron chi connectivity index (χ1n) is 29.3. The molecule has 18 atom stereocenters. The molecule has 1 unspecified atom stereocenters. The third-order valence-corrected chi connectivity index (χ3v) is 17.9. The normalized spacial score (nSPS) is 35.4. The summed E-state index contributed by atoms with van der Waals surface area (Å²) in [4.78, 5) is 73.8. The number of alkyl halides is 3. The first kappa shape index (κ1) is 66.0. The van der Waals surface area contributed by atoms with Crippen LogP contribution >= 0.6 is 0 Å². The van der Waals surface area contributed by atoms with Gasteiger partial charge in [-0.2, -0.15) is 13.2 Å². The topological polar surface area (TPSA) is 218 Å². The van der Waals surface area contributed by atoms with Crippen LogP contribution < -0.4 is 5.32 Å². The van der Waals surface area contributed by atoms with Gasteiger partial charge in [0.25, 0.3) is 0 Å². The number of benzene rings is 2. The highest BCUT2D eigenvalue weighted by molar-refractivity contribution is 5.95. The van der Waals surface area contributed by atoms with Gasteiger partial charge < -0.3 is 57.7 Å². The highest BCUT2D eigenvalue weighted by Crippen LogP contribution is 2.46. The Hall–Kier alpha value is -5.56. The van der Waals surface area contributed by atoms with Crippen LogP contribution in [-0.2, 0) is 63.6 Å². The number of ketones is 1. The largest absolute Gasteiger partial charge is 0.471 e. The smallest absolute Gasteiger partial charge is 0.458 e. The minimum atomic E-state index is -5.06. The Bertz CT molecular complexity index is 2760. The molecule has 2 amide bonds. The summed E-state index contributed by atoms with van der Waals surface area (Å²) in [6, 6.07) is 13.6. The number of carbonyl (C=O) groups is 5. The summed E-state index contributed by atoms with van der Waals surface area (Å²) < 4.78 is 99.9. The zero-order chi connectivity index (χ0) is 61.8. The molecule has 1 N–H and O–H groups in total. The number of fused-ring (bicyclic) bond motifs is 1. The molecule has 0 bridgehead atoms. The number of nitrogens with zero attached hydrogens (tertiary/aromatic N) is 5. The van der Waals surface area contributed by atoms with Crippen molar-refractivity contribution in [3.05, 3.63) is 66.4 Å².